The molecule has 0 radical (unpaired) electrons. The van der Waals surface area contributed by atoms with E-state index in [1.165, 1.54) is 0 Å². The fraction of sp³-hybridized carbons (Fsp3) is 0.412. The molecule has 1 saturated heterocycles. The van der Waals surface area contributed by atoms with Crippen LogP contribution >= 0.6 is 0 Å². The number of anilines is 2. The van der Waals surface area contributed by atoms with Crippen molar-refractivity contribution in [3.8, 4) is 0 Å². The molecular weight excluding hydrogens is 304 g/mol. The molecule has 2 aromatic rings. The third kappa shape index (κ3) is 4.00. The second-order valence-electron chi connectivity index (χ2n) is 6.02. The number of hydrogen-bond acceptors (Lipinski definition) is 7. The maximum Gasteiger partial charge on any atom is 0.222 e. The molecule has 0 saturated carbocycles. The number of aliphatic hydroxyl groups is 1. The van der Waals surface area contributed by atoms with E-state index in [4.69, 9.17) is 5.73 Å². The van der Waals surface area contributed by atoms with E-state index in [0.717, 1.165) is 30.2 Å². The summed E-state index contributed by atoms with van der Waals surface area (Å²) in [5.41, 5.74) is 7.54. The molecule has 1 aromatic carbocycles. The van der Waals surface area contributed by atoms with Gasteiger partial charge in [0.1, 0.15) is 5.82 Å². The molecule has 0 aliphatic carbocycles. The van der Waals surface area contributed by atoms with E-state index in [0.29, 0.717) is 19.1 Å². The zero-order valence-corrected chi connectivity index (χ0v) is 13.8. The maximum absolute atomic E-state index is 10.2. The summed E-state index contributed by atoms with van der Waals surface area (Å²) >= 11 is 0. The zero-order chi connectivity index (χ0) is 16.9. The Labute approximate surface area is 141 Å². The Kier molecular flexibility index (Phi) is 5.24. The van der Waals surface area contributed by atoms with E-state index >= 15 is 0 Å². The molecule has 7 heteroatoms. The molecule has 1 unspecified atom stereocenters. The van der Waals surface area contributed by atoms with Crippen LogP contribution in [-0.2, 0) is 6.54 Å². The highest BCUT2D eigenvalue weighted by Crippen LogP contribution is 2.20. The number of rotatable bonds is 7. The first-order valence-electron chi connectivity index (χ1n) is 8.15. The molecule has 7 nitrogen and oxygen atoms in total. The van der Waals surface area contributed by atoms with Gasteiger partial charge in [0.25, 0.3) is 0 Å². The molecule has 3 rings (SSSR count). The molecule has 1 aliphatic rings. The van der Waals surface area contributed by atoms with E-state index in [2.05, 4.69) is 25.5 Å². The Balaban J connectivity index is 1.54. The van der Waals surface area contributed by atoms with Crippen LogP contribution in [0.15, 0.2) is 36.4 Å². The highest BCUT2D eigenvalue weighted by atomic mass is 16.3. The number of aromatic nitrogens is 2. The number of nitrogen functional groups attached to an aromatic ring is 1. The minimum atomic E-state index is -0.545. The molecule has 2 heterocycles. The van der Waals surface area contributed by atoms with E-state index in [1.54, 1.807) is 0 Å². The zero-order valence-electron chi connectivity index (χ0n) is 13.8. The van der Waals surface area contributed by atoms with Crippen molar-refractivity contribution in [3.63, 3.8) is 0 Å². The van der Waals surface area contributed by atoms with Gasteiger partial charge in [0, 0.05) is 38.3 Å². The van der Waals surface area contributed by atoms with Gasteiger partial charge in [-0.1, -0.05) is 30.3 Å². The van der Waals surface area contributed by atoms with Crippen molar-refractivity contribution in [1.82, 2.24) is 20.6 Å². The number of nitrogens with two attached hydrogens (primary N) is 1. The van der Waals surface area contributed by atoms with E-state index < -0.39 is 6.10 Å². The maximum atomic E-state index is 10.2. The first-order valence-corrected chi connectivity index (χ1v) is 8.15. The van der Waals surface area contributed by atoms with Gasteiger partial charge in [-0.3, -0.25) is 0 Å². The Morgan fingerprint density at radius 1 is 1.29 bits per heavy atom. The molecule has 5 N–H and O–H groups in total. The van der Waals surface area contributed by atoms with Crippen LogP contribution in [0.3, 0.4) is 0 Å². The lowest BCUT2D eigenvalue weighted by Gasteiger charge is -2.40. The predicted molar refractivity (Wildman–Crippen MR) is 94.6 cm³/mol. The van der Waals surface area contributed by atoms with Gasteiger partial charge >= 0.3 is 0 Å². The largest absolute Gasteiger partial charge is 0.387 e. The lowest BCUT2D eigenvalue weighted by molar-refractivity contribution is 0.174. The molecule has 0 bridgehead atoms. The van der Waals surface area contributed by atoms with Crippen molar-refractivity contribution in [2.24, 2.45) is 0 Å². The second-order valence-corrected chi connectivity index (χ2v) is 6.02. The fourth-order valence-electron chi connectivity index (χ4n) is 2.73. The van der Waals surface area contributed by atoms with Crippen LogP contribution in [0.1, 0.15) is 17.4 Å². The lowest BCUT2D eigenvalue weighted by atomic mass is 10.1. The fourth-order valence-corrected chi connectivity index (χ4v) is 2.73. The van der Waals surface area contributed by atoms with Crippen molar-refractivity contribution in [1.29, 1.82) is 0 Å². The van der Waals surface area contributed by atoms with Crippen LogP contribution in [0, 0.1) is 0 Å². The minimum absolute atomic E-state index is 0.279. The molecular formula is C17H24N6O. The highest BCUT2D eigenvalue weighted by molar-refractivity contribution is 5.46. The molecule has 1 atom stereocenters. The molecule has 0 amide bonds. The SMILES string of the molecule is CNC1CN(c2cc(CNCC(O)c3ccccc3)nc(N)n2)C1. The topological polar surface area (TPSA) is 99.3 Å². The van der Waals surface area contributed by atoms with Crippen LogP contribution in [-0.4, -0.2) is 47.8 Å². The van der Waals surface area contributed by atoms with E-state index in [9.17, 15) is 5.11 Å². The predicted octanol–water partition coefficient (Wildman–Crippen LogP) is 0.290. The number of nitrogens with one attached hydrogen (secondary N) is 2. The number of likely N-dealkylation sites (N-methyl/N-ethyl adjacent to an activating group) is 1. The van der Waals surface area contributed by atoms with Gasteiger partial charge in [-0.2, -0.15) is 4.98 Å². The van der Waals surface area contributed by atoms with Gasteiger partial charge in [-0.05, 0) is 12.6 Å². The van der Waals surface area contributed by atoms with Crippen molar-refractivity contribution in [3.05, 3.63) is 47.7 Å². The summed E-state index contributed by atoms with van der Waals surface area (Å²) in [6, 6.07) is 12.0. The van der Waals surface area contributed by atoms with Gasteiger partial charge in [-0.25, -0.2) is 4.98 Å². The number of benzene rings is 1. The quantitative estimate of drug-likeness (QED) is 0.580. The summed E-state index contributed by atoms with van der Waals surface area (Å²) in [5, 5.41) is 16.6. The van der Waals surface area contributed by atoms with Crippen molar-refractivity contribution in [2.45, 2.75) is 18.7 Å². The van der Waals surface area contributed by atoms with Crippen LogP contribution in [0.2, 0.25) is 0 Å². The summed E-state index contributed by atoms with van der Waals surface area (Å²) < 4.78 is 0. The van der Waals surface area contributed by atoms with Crippen LogP contribution in [0.25, 0.3) is 0 Å². The number of nitrogens with zero attached hydrogens (tertiary/aromatic N) is 3. The molecule has 1 aromatic heterocycles. The standard InChI is InChI=1S/C17H24N6O/c1-19-14-10-23(11-14)16-7-13(21-17(18)22-16)8-20-9-15(24)12-5-3-2-4-6-12/h2-7,14-15,19-20,24H,8-11H2,1H3,(H2,18,21,22). The summed E-state index contributed by atoms with van der Waals surface area (Å²) in [6.07, 6.45) is -0.545. The Morgan fingerprint density at radius 2 is 2.04 bits per heavy atom. The van der Waals surface area contributed by atoms with Crippen molar-refractivity contribution in [2.75, 3.05) is 37.3 Å². The summed E-state index contributed by atoms with van der Waals surface area (Å²) in [5.74, 6) is 1.13. The number of aliphatic hydroxyl groups excluding tert-OH is 1. The van der Waals surface area contributed by atoms with Crippen molar-refractivity contribution < 1.29 is 5.11 Å². The average molecular weight is 328 g/mol. The summed E-state index contributed by atoms with van der Waals surface area (Å²) in [6.45, 7) is 2.83. The van der Waals surface area contributed by atoms with Crippen LogP contribution in [0.5, 0.6) is 0 Å². The highest BCUT2D eigenvalue weighted by Gasteiger charge is 2.26. The third-order valence-electron chi connectivity index (χ3n) is 4.22. The monoisotopic (exact) mass is 328 g/mol. The van der Waals surface area contributed by atoms with E-state index in [1.807, 2.05) is 43.4 Å². The third-order valence-corrected chi connectivity index (χ3v) is 4.22. The summed E-state index contributed by atoms with van der Waals surface area (Å²) in [4.78, 5) is 10.7. The average Bonchev–Trinajstić information content (AvgIpc) is 2.54. The van der Waals surface area contributed by atoms with Gasteiger partial charge in [-0.15, -0.1) is 0 Å². The second kappa shape index (κ2) is 7.57. The molecule has 128 valence electrons. The molecule has 1 aliphatic heterocycles. The van der Waals surface area contributed by atoms with Crippen molar-refractivity contribution >= 4 is 11.8 Å². The van der Waals surface area contributed by atoms with Crippen LogP contribution in [0.4, 0.5) is 11.8 Å². The normalized spacial score (nSPS) is 16.0. The van der Waals surface area contributed by atoms with Gasteiger partial charge in [0.05, 0.1) is 11.8 Å². The van der Waals surface area contributed by atoms with Crippen LogP contribution < -0.4 is 21.3 Å². The lowest BCUT2D eigenvalue weighted by Crippen LogP contribution is -2.57. The van der Waals surface area contributed by atoms with Gasteiger partial charge in [0.2, 0.25) is 5.95 Å². The first-order chi connectivity index (χ1) is 11.7. The molecule has 24 heavy (non-hydrogen) atoms. The first kappa shape index (κ1) is 16.6. The summed E-state index contributed by atoms with van der Waals surface area (Å²) in [7, 11) is 1.96. The molecule has 1 fully saturated rings. The Morgan fingerprint density at radius 3 is 2.75 bits per heavy atom. The Bertz CT molecular complexity index is 659. The minimum Gasteiger partial charge on any atom is -0.387 e. The smallest absolute Gasteiger partial charge is 0.222 e. The Hall–Kier alpha value is -2.22. The van der Waals surface area contributed by atoms with Gasteiger partial charge < -0.3 is 26.4 Å². The van der Waals surface area contributed by atoms with Gasteiger partial charge in [0.15, 0.2) is 0 Å². The molecule has 0 spiro atoms. The number of hydrogen-bond donors (Lipinski definition) is 4. The van der Waals surface area contributed by atoms with E-state index in [-0.39, 0.29) is 5.95 Å².